The van der Waals surface area contributed by atoms with Crippen LogP contribution in [-0.2, 0) is 4.74 Å². The van der Waals surface area contributed by atoms with Crippen LogP contribution in [0.15, 0.2) is 54.6 Å². The number of ether oxygens (including phenoxy) is 2. The lowest BCUT2D eigenvalue weighted by molar-refractivity contribution is 0.0374. The number of carbonyl (C=O) groups is 1. The van der Waals surface area contributed by atoms with E-state index in [1.165, 1.54) is 0 Å². The Hall–Kier alpha value is -2.37. The maximum Gasteiger partial charge on any atom is 0.255 e. The minimum Gasteiger partial charge on any atom is -0.457 e. The molecule has 1 fully saturated rings. The average molecular weight is 340 g/mol. The molecule has 1 aliphatic heterocycles. The third-order valence-corrected chi connectivity index (χ3v) is 4.14. The monoisotopic (exact) mass is 340 g/mol. The quantitative estimate of drug-likeness (QED) is 0.788. The van der Waals surface area contributed by atoms with Crippen molar-refractivity contribution in [2.45, 2.75) is 6.42 Å². The molecule has 0 atom stereocenters. The SMILES string of the molecule is O=C(NCCCN1CCOCC1)c1ccccc1Oc1ccccc1. The number of hydrogen-bond donors (Lipinski definition) is 1. The van der Waals surface area contributed by atoms with E-state index >= 15 is 0 Å². The zero-order chi connectivity index (χ0) is 17.3. The lowest BCUT2D eigenvalue weighted by Gasteiger charge is -2.26. The van der Waals surface area contributed by atoms with Crippen LogP contribution >= 0.6 is 0 Å². The van der Waals surface area contributed by atoms with Crippen LogP contribution in [0.5, 0.6) is 11.5 Å². The van der Waals surface area contributed by atoms with Gasteiger partial charge in [0.15, 0.2) is 0 Å². The van der Waals surface area contributed by atoms with E-state index in [-0.39, 0.29) is 5.91 Å². The fraction of sp³-hybridized carbons (Fsp3) is 0.350. The molecular formula is C20H24N2O3. The second-order valence-electron chi connectivity index (χ2n) is 5.97. The molecule has 2 aromatic carbocycles. The van der Waals surface area contributed by atoms with Gasteiger partial charge in [0.2, 0.25) is 0 Å². The summed E-state index contributed by atoms with van der Waals surface area (Å²) in [5.74, 6) is 1.18. The molecule has 1 heterocycles. The Bertz CT molecular complexity index is 670. The summed E-state index contributed by atoms with van der Waals surface area (Å²) in [6.07, 6.45) is 0.924. The lowest BCUT2D eigenvalue weighted by atomic mass is 10.2. The van der Waals surface area contributed by atoms with Gasteiger partial charge in [-0.2, -0.15) is 0 Å². The van der Waals surface area contributed by atoms with Crippen LogP contribution in [0, 0.1) is 0 Å². The van der Waals surface area contributed by atoms with Crippen LogP contribution in [0.2, 0.25) is 0 Å². The Balaban J connectivity index is 1.51. The highest BCUT2D eigenvalue weighted by molar-refractivity contribution is 5.96. The molecule has 1 N–H and O–H groups in total. The Labute approximate surface area is 148 Å². The van der Waals surface area contributed by atoms with Crippen LogP contribution in [-0.4, -0.2) is 50.2 Å². The number of benzene rings is 2. The Morgan fingerprint density at radius 2 is 1.76 bits per heavy atom. The summed E-state index contributed by atoms with van der Waals surface area (Å²) in [5, 5.41) is 2.99. The van der Waals surface area contributed by atoms with Crippen molar-refractivity contribution in [2.24, 2.45) is 0 Å². The average Bonchev–Trinajstić information content (AvgIpc) is 2.67. The van der Waals surface area contributed by atoms with Crippen molar-refractivity contribution < 1.29 is 14.3 Å². The maximum absolute atomic E-state index is 12.5. The van der Waals surface area contributed by atoms with E-state index in [2.05, 4.69) is 10.2 Å². The highest BCUT2D eigenvalue weighted by Crippen LogP contribution is 2.24. The van der Waals surface area contributed by atoms with Gasteiger partial charge in [0.1, 0.15) is 11.5 Å². The Morgan fingerprint density at radius 1 is 1.04 bits per heavy atom. The van der Waals surface area contributed by atoms with Gasteiger partial charge >= 0.3 is 0 Å². The highest BCUT2D eigenvalue weighted by Gasteiger charge is 2.13. The summed E-state index contributed by atoms with van der Waals surface area (Å²) in [6, 6.07) is 16.8. The van der Waals surface area contributed by atoms with Crippen molar-refractivity contribution in [3.8, 4) is 11.5 Å². The minimum atomic E-state index is -0.103. The number of morpholine rings is 1. The molecule has 0 aromatic heterocycles. The molecule has 1 saturated heterocycles. The van der Waals surface area contributed by atoms with Gasteiger partial charge in [0, 0.05) is 19.6 Å². The molecular weight excluding hydrogens is 316 g/mol. The number of carbonyl (C=O) groups excluding carboxylic acids is 1. The van der Waals surface area contributed by atoms with Crippen LogP contribution < -0.4 is 10.1 Å². The number of nitrogens with zero attached hydrogens (tertiary/aromatic N) is 1. The van der Waals surface area contributed by atoms with E-state index in [9.17, 15) is 4.79 Å². The van der Waals surface area contributed by atoms with Gasteiger partial charge in [-0.25, -0.2) is 0 Å². The van der Waals surface area contributed by atoms with Gasteiger partial charge in [0.05, 0.1) is 18.8 Å². The van der Waals surface area contributed by atoms with Crippen molar-refractivity contribution in [3.05, 3.63) is 60.2 Å². The first-order chi connectivity index (χ1) is 12.3. The van der Waals surface area contributed by atoms with Crippen LogP contribution in [0.4, 0.5) is 0 Å². The molecule has 0 radical (unpaired) electrons. The minimum absolute atomic E-state index is 0.103. The molecule has 0 unspecified atom stereocenters. The van der Waals surface area contributed by atoms with E-state index in [1.54, 1.807) is 6.07 Å². The van der Waals surface area contributed by atoms with E-state index in [0.717, 1.165) is 45.0 Å². The van der Waals surface area contributed by atoms with Crippen molar-refractivity contribution in [1.29, 1.82) is 0 Å². The van der Waals surface area contributed by atoms with Crippen molar-refractivity contribution in [2.75, 3.05) is 39.4 Å². The van der Waals surface area contributed by atoms with Crippen LogP contribution in [0.1, 0.15) is 16.8 Å². The first kappa shape index (κ1) is 17.5. The molecule has 1 aliphatic rings. The first-order valence-electron chi connectivity index (χ1n) is 8.73. The normalized spacial score (nSPS) is 14.9. The third kappa shape index (κ3) is 5.31. The Morgan fingerprint density at radius 3 is 2.56 bits per heavy atom. The Kier molecular flexibility index (Phi) is 6.42. The van der Waals surface area contributed by atoms with Crippen LogP contribution in [0.3, 0.4) is 0 Å². The highest BCUT2D eigenvalue weighted by atomic mass is 16.5. The number of rotatable bonds is 7. The summed E-state index contributed by atoms with van der Waals surface area (Å²) in [6.45, 7) is 5.18. The second kappa shape index (κ2) is 9.20. The summed E-state index contributed by atoms with van der Waals surface area (Å²) in [5.41, 5.74) is 0.553. The first-order valence-corrected chi connectivity index (χ1v) is 8.73. The van der Waals surface area contributed by atoms with Crippen molar-refractivity contribution in [3.63, 3.8) is 0 Å². The fourth-order valence-corrected chi connectivity index (χ4v) is 2.78. The zero-order valence-electron chi connectivity index (χ0n) is 14.3. The van der Waals surface area contributed by atoms with Gasteiger partial charge < -0.3 is 14.8 Å². The molecule has 0 saturated carbocycles. The molecule has 0 spiro atoms. The van der Waals surface area contributed by atoms with E-state index in [0.29, 0.717) is 17.9 Å². The van der Waals surface area contributed by atoms with E-state index < -0.39 is 0 Å². The summed E-state index contributed by atoms with van der Waals surface area (Å²) < 4.78 is 11.2. The fourth-order valence-electron chi connectivity index (χ4n) is 2.78. The third-order valence-electron chi connectivity index (χ3n) is 4.14. The molecule has 25 heavy (non-hydrogen) atoms. The van der Waals surface area contributed by atoms with Gasteiger partial charge in [-0.3, -0.25) is 9.69 Å². The van der Waals surface area contributed by atoms with Gasteiger partial charge in [0.25, 0.3) is 5.91 Å². The lowest BCUT2D eigenvalue weighted by Crippen LogP contribution is -2.38. The largest absolute Gasteiger partial charge is 0.457 e. The maximum atomic E-state index is 12.5. The topological polar surface area (TPSA) is 50.8 Å². The van der Waals surface area contributed by atoms with E-state index in [4.69, 9.17) is 9.47 Å². The number of nitrogens with one attached hydrogen (secondary N) is 1. The standard InChI is InChI=1S/C20H24N2O3/c23-20(21-11-6-12-22-13-15-24-16-14-22)18-9-4-5-10-19(18)25-17-7-2-1-3-8-17/h1-5,7-10H,6,11-16H2,(H,21,23). The summed E-state index contributed by atoms with van der Waals surface area (Å²) in [7, 11) is 0. The molecule has 132 valence electrons. The summed E-state index contributed by atoms with van der Waals surface area (Å²) in [4.78, 5) is 14.8. The van der Waals surface area contributed by atoms with Gasteiger partial charge in [-0.05, 0) is 37.2 Å². The number of hydrogen-bond acceptors (Lipinski definition) is 4. The van der Waals surface area contributed by atoms with Crippen molar-refractivity contribution >= 4 is 5.91 Å². The molecule has 5 heteroatoms. The molecule has 5 nitrogen and oxygen atoms in total. The van der Waals surface area contributed by atoms with E-state index in [1.807, 2.05) is 48.5 Å². The predicted octanol–water partition coefficient (Wildman–Crippen LogP) is 2.93. The molecule has 2 aromatic rings. The zero-order valence-corrected chi connectivity index (χ0v) is 14.3. The summed E-state index contributed by atoms with van der Waals surface area (Å²) >= 11 is 0. The van der Waals surface area contributed by atoms with Gasteiger partial charge in [-0.15, -0.1) is 0 Å². The number of amides is 1. The molecule has 0 bridgehead atoms. The second-order valence-corrected chi connectivity index (χ2v) is 5.97. The van der Waals surface area contributed by atoms with Crippen LogP contribution in [0.25, 0.3) is 0 Å². The molecule has 3 rings (SSSR count). The van der Waals surface area contributed by atoms with Gasteiger partial charge in [-0.1, -0.05) is 30.3 Å². The predicted molar refractivity (Wildman–Crippen MR) is 97.2 cm³/mol. The molecule has 1 amide bonds. The number of para-hydroxylation sites is 2. The van der Waals surface area contributed by atoms with Crippen molar-refractivity contribution in [1.82, 2.24) is 10.2 Å². The smallest absolute Gasteiger partial charge is 0.255 e. The molecule has 0 aliphatic carbocycles.